The van der Waals surface area contributed by atoms with Gasteiger partial charge in [-0.05, 0) is 37.5 Å². The van der Waals surface area contributed by atoms with Crippen molar-refractivity contribution in [3.05, 3.63) is 44.6 Å². The molecule has 8 nitrogen and oxygen atoms in total. The van der Waals surface area contributed by atoms with Crippen LogP contribution < -0.4 is 17.0 Å². The van der Waals surface area contributed by atoms with E-state index in [2.05, 4.69) is 11.9 Å². The number of hydrogen-bond donors (Lipinski definition) is 2. The second kappa shape index (κ2) is 8.41. The van der Waals surface area contributed by atoms with Crippen molar-refractivity contribution in [2.75, 3.05) is 13.1 Å². The number of amides is 2. The van der Waals surface area contributed by atoms with Crippen molar-refractivity contribution in [2.45, 2.75) is 45.6 Å². The maximum atomic E-state index is 12.8. The fraction of sp³-hybridized carbons (Fsp3) is 0.500. The molecule has 0 spiro atoms. The molecule has 2 aromatic rings. The van der Waals surface area contributed by atoms with Gasteiger partial charge in [0.05, 0.1) is 10.9 Å². The van der Waals surface area contributed by atoms with Crippen LogP contribution in [0.1, 0.15) is 49.4 Å². The van der Waals surface area contributed by atoms with E-state index in [0.29, 0.717) is 48.9 Å². The highest BCUT2D eigenvalue weighted by Gasteiger charge is 2.26. The van der Waals surface area contributed by atoms with Crippen molar-refractivity contribution in [2.24, 2.45) is 11.7 Å². The van der Waals surface area contributed by atoms with Crippen molar-refractivity contribution < 1.29 is 9.59 Å². The zero-order chi connectivity index (χ0) is 20.3. The molecule has 0 bridgehead atoms. The molecule has 150 valence electrons. The molecule has 0 aliphatic carbocycles. The van der Waals surface area contributed by atoms with Crippen molar-refractivity contribution in [1.29, 1.82) is 0 Å². The van der Waals surface area contributed by atoms with Gasteiger partial charge in [0, 0.05) is 31.1 Å². The summed E-state index contributed by atoms with van der Waals surface area (Å²) in [6.07, 6.45) is 3.82. The number of piperidine rings is 1. The highest BCUT2D eigenvalue weighted by atomic mass is 16.2. The number of likely N-dealkylation sites (tertiary alicyclic amines) is 1. The average Bonchev–Trinajstić information content (AvgIpc) is 2.69. The van der Waals surface area contributed by atoms with Gasteiger partial charge in [-0.2, -0.15) is 0 Å². The quantitative estimate of drug-likeness (QED) is 0.726. The third-order valence-corrected chi connectivity index (χ3v) is 5.40. The summed E-state index contributed by atoms with van der Waals surface area (Å²) in [4.78, 5) is 53.4. The number of primary amides is 1. The van der Waals surface area contributed by atoms with Crippen LogP contribution in [0, 0.1) is 5.92 Å². The van der Waals surface area contributed by atoms with Gasteiger partial charge >= 0.3 is 5.69 Å². The summed E-state index contributed by atoms with van der Waals surface area (Å²) in [5, 5.41) is 0.389. The molecule has 28 heavy (non-hydrogen) atoms. The van der Waals surface area contributed by atoms with Gasteiger partial charge in [-0.15, -0.1) is 0 Å². The summed E-state index contributed by atoms with van der Waals surface area (Å²) in [6, 6.07) is 4.76. The van der Waals surface area contributed by atoms with E-state index in [0.717, 1.165) is 19.3 Å². The average molecular weight is 386 g/mol. The number of carbonyl (C=O) groups excluding carboxylic acids is 2. The molecule has 1 saturated heterocycles. The Morgan fingerprint density at radius 1 is 1.18 bits per heavy atom. The first kappa shape index (κ1) is 19.9. The predicted octanol–water partition coefficient (Wildman–Crippen LogP) is 1.22. The van der Waals surface area contributed by atoms with E-state index in [4.69, 9.17) is 5.73 Å². The fourth-order valence-electron chi connectivity index (χ4n) is 3.66. The van der Waals surface area contributed by atoms with Crippen LogP contribution in [0.25, 0.3) is 10.9 Å². The van der Waals surface area contributed by atoms with Crippen LogP contribution in [0.2, 0.25) is 0 Å². The van der Waals surface area contributed by atoms with Crippen LogP contribution in [0.4, 0.5) is 0 Å². The number of unbranched alkanes of at least 4 members (excludes halogenated alkanes) is 2. The molecular weight excluding hydrogens is 360 g/mol. The lowest BCUT2D eigenvalue weighted by Crippen LogP contribution is -2.41. The van der Waals surface area contributed by atoms with E-state index in [1.807, 2.05) is 0 Å². The molecule has 0 unspecified atom stereocenters. The summed E-state index contributed by atoms with van der Waals surface area (Å²) in [5.74, 6) is -0.702. The first-order valence-corrected chi connectivity index (χ1v) is 9.77. The zero-order valence-electron chi connectivity index (χ0n) is 16.1. The molecule has 1 aromatic carbocycles. The number of nitrogens with one attached hydrogen (secondary N) is 1. The number of fused-ring (bicyclic) bond motifs is 1. The van der Waals surface area contributed by atoms with E-state index < -0.39 is 5.69 Å². The van der Waals surface area contributed by atoms with Crippen molar-refractivity contribution >= 4 is 22.7 Å². The van der Waals surface area contributed by atoms with Gasteiger partial charge in [0.2, 0.25) is 5.91 Å². The third kappa shape index (κ3) is 4.00. The van der Waals surface area contributed by atoms with E-state index in [1.165, 1.54) is 4.57 Å². The first-order chi connectivity index (χ1) is 13.4. The summed E-state index contributed by atoms with van der Waals surface area (Å²) in [5.41, 5.74) is 5.31. The minimum absolute atomic E-state index is 0.183. The van der Waals surface area contributed by atoms with Crippen LogP contribution in [-0.2, 0) is 11.3 Å². The monoisotopic (exact) mass is 386 g/mol. The van der Waals surface area contributed by atoms with Crippen molar-refractivity contribution in [3.63, 3.8) is 0 Å². The van der Waals surface area contributed by atoms with Gasteiger partial charge in [-0.3, -0.25) is 19.0 Å². The number of nitrogens with two attached hydrogens (primary N) is 1. The molecule has 1 fully saturated rings. The molecule has 1 aromatic heterocycles. The van der Waals surface area contributed by atoms with Gasteiger partial charge < -0.3 is 15.6 Å². The lowest BCUT2D eigenvalue weighted by atomic mass is 9.96. The summed E-state index contributed by atoms with van der Waals surface area (Å²) < 4.78 is 1.22. The summed E-state index contributed by atoms with van der Waals surface area (Å²) in [7, 11) is 0. The van der Waals surface area contributed by atoms with Crippen LogP contribution >= 0.6 is 0 Å². The number of aromatic amines is 1. The molecule has 0 atom stereocenters. The standard InChI is InChI=1S/C20H26N4O4/c1-2-3-4-9-24-19(27)15-6-5-14(12-16(15)22-20(24)28)18(26)23-10-7-13(8-11-23)17(21)25/h5-6,12-13H,2-4,7-11H2,1H3,(H2,21,25)(H,22,28). The third-order valence-electron chi connectivity index (χ3n) is 5.40. The molecular formula is C20H26N4O4. The maximum absolute atomic E-state index is 12.8. The first-order valence-electron chi connectivity index (χ1n) is 9.77. The van der Waals surface area contributed by atoms with Crippen molar-refractivity contribution in [3.8, 4) is 0 Å². The Kier molecular flexibility index (Phi) is 5.96. The van der Waals surface area contributed by atoms with Crippen LogP contribution in [0.3, 0.4) is 0 Å². The molecule has 8 heteroatoms. The number of H-pyrrole nitrogens is 1. The minimum atomic E-state index is -0.458. The second-order valence-electron chi connectivity index (χ2n) is 7.32. The lowest BCUT2D eigenvalue weighted by Gasteiger charge is -2.30. The molecule has 1 aliphatic heterocycles. The maximum Gasteiger partial charge on any atom is 0.328 e. The van der Waals surface area contributed by atoms with Crippen LogP contribution in [0.5, 0.6) is 0 Å². The Morgan fingerprint density at radius 3 is 2.54 bits per heavy atom. The number of carbonyl (C=O) groups is 2. The van der Waals surface area contributed by atoms with E-state index in [-0.39, 0.29) is 23.3 Å². The molecule has 2 amide bonds. The number of aromatic nitrogens is 2. The zero-order valence-corrected chi connectivity index (χ0v) is 16.1. The van der Waals surface area contributed by atoms with Gasteiger partial charge in [0.25, 0.3) is 11.5 Å². The van der Waals surface area contributed by atoms with Gasteiger partial charge in [0.1, 0.15) is 0 Å². The molecule has 2 heterocycles. The topological polar surface area (TPSA) is 118 Å². The lowest BCUT2D eigenvalue weighted by molar-refractivity contribution is -0.123. The van der Waals surface area contributed by atoms with E-state index in [9.17, 15) is 19.2 Å². The fourth-order valence-corrected chi connectivity index (χ4v) is 3.66. The number of hydrogen-bond acceptors (Lipinski definition) is 4. The van der Waals surface area contributed by atoms with E-state index in [1.54, 1.807) is 23.1 Å². The minimum Gasteiger partial charge on any atom is -0.369 e. The Balaban J connectivity index is 1.83. The van der Waals surface area contributed by atoms with Gasteiger partial charge in [-0.25, -0.2) is 4.79 Å². The molecule has 3 N–H and O–H groups in total. The Bertz CT molecular complexity index is 999. The predicted molar refractivity (Wildman–Crippen MR) is 106 cm³/mol. The number of nitrogens with zero attached hydrogens (tertiary/aromatic N) is 2. The molecule has 1 aliphatic rings. The smallest absolute Gasteiger partial charge is 0.328 e. The summed E-state index contributed by atoms with van der Waals surface area (Å²) in [6.45, 7) is 3.36. The number of benzene rings is 1. The molecule has 0 saturated carbocycles. The van der Waals surface area contributed by atoms with Gasteiger partial charge in [-0.1, -0.05) is 19.8 Å². The Morgan fingerprint density at radius 2 is 1.89 bits per heavy atom. The Labute approximate surface area is 162 Å². The van der Waals surface area contributed by atoms with Crippen LogP contribution in [0.15, 0.2) is 27.8 Å². The highest BCUT2D eigenvalue weighted by molar-refractivity contribution is 5.97. The Hall–Kier alpha value is -2.90. The van der Waals surface area contributed by atoms with Gasteiger partial charge in [0.15, 0.2) is 0 Å². The number of rotatable bonds is 6. The SMILES string of the molecule is CCCCCn1c(=O)[nH]c2cc(C(=O)N3CCC(C(N)=O)CC3)ccc2c1=O. The highest BCUT2D eigenvalue weighted by Crippen LogP contribution is 2.19. The normalized spacial score (nSPS) is 15.1. The molecule has 0 radical (unpaired) electrons. The second-order valence-corrected chi connectivity index (χ2v) is 7.32. The largest absolute Gasteiger partial charge is 0.369 e. The van der Waals surface area contributed by atoms with E-state index >= 15 is 0 Å². The molecule has 3 rings (SSSR count). The van der Waals surface area contributed by atoms with Crippen LogP contribution in [-0.4, -0.2) is 39.4 Å². The summed E-state index contributed by atoms with van der Waals surface area (Å²) >= 11 is 0. The van der Waals surface area contributed by atoms with Crippen molar-refractivity contribution in [1.82, 2.24) is 14.5 Å².